The lowest BCUT2D eigenvalue weighted by Crippen LogP contribution is -2.06. The van der Waals surface area contributed by atoms with Crippen LogP contribution >= 0.6 is 31.9 Å². The van der Waals surface area contributed by atoms with Crippen LogP contribution in [0.4, 0.5) is 0 Å². The molecule has 1 heterocycles. The van der Waals surface area contributed by atoms with Crippen molar-refractivity contribution in [2.75, 3.05) is 0 Å². The van der Waals surface area contributed by atoms with Crippen molar-refractivity contribution < 1.29 is 0 Å². The highest BCUT2D eigenvalue weighted by molar-refractivity contribution is 9.13. The van der Waals surface area contributed by atoms with Crippen LogP contribution in [0.5, 0.6) is 0 Å². The summed E-state index contributed by atoms with van der Waals surface area (Å²) in [5.41, 5.74) is 6.66. The first-order valence-electron chi connectivity index (χ1n) is 3.34. The fourth-order valence-corrected chi connectivity index (χ4v) is 1.34. The van der Waals surface area contributed by atoms with Gasteiger partial charge in [0.2, 0.25) is 0 Å². The predicted octanol–water partition coefficient (Wildman–Crippen LogP) is 2.79. The number of rotatable bonds is 2. The van der Waals surface area contributed by atoms with Gasteiger partial charge in [-0.1, -0.05) is 6.08 Å². The number of aromatic nitrogens is 1. The summed E-state index contributed by atoms with van der Waals surface area (Å²) in [4.78, 5) is 4.09. The summed E-state index contributed by atoms with van der Waals surface area (Å²) in [6.07, 6.45) is 3.40. The smallest absolute Gasteiger partial charge is 0.120 e. The van der Waals surface area contributed by atoms with E-state index in [9.17, 15) is 0 Å². The maximum atomic E-state index is 5.72. The Morgan fingerprint density at radius 3 is 2.75 bits per heavy atom. The number of nitrogens with two attached hydrogens (primary N) is 1. The molecule has 64 valence electrons. The van der Waals surface area contributed by atoms with E-state index >= 15 is 0 Å². The van der Waals surface area contributed by atoms with Crippen molar-refractivity contribution in [3.8, 4) is 0 Å². The SMILES string of the molecule is C=C[C@@H](N)c1cnc(Br)c(Br)c1. The minimum atomic E-state index is -0.151. The molecule has 0 fully saturated rings. The average Bonchev–Trinajstić information content (AvgIpc) is 2.08. The minimum absolute atomic E-state index is 0.151. The number of hydrogen-bond donors (Lipinski definition) is 1. The summed E-state index contributed by atoms with van der Waals surface area (Å²) in [6, 6.07) is 1.77. The number of hydrogen-bond acceptors (Lipinski definition) is 2. The first-order valence-corrected chi connectivity index (χ1v) is 4.93. The van der Waals surface area contributed by atoms with Gasteiger partial charge in [-0.05, 0) is 43.5 Å². The molecule has 0 saturated heterocycles. The van der Waals surface area contributed by atoms with E-state index in [4.69, 9.17) is 5.73 Å². The number of halogens is 2. The van der Waals surface area contributed by atoms with Crippen molar-refractivity contribution in [1.82, 2.24) is 4.98 Å². The fraction of sp³-hybridized carbons (Fsp3) is 0.125. The van der Waals surface area contributed by atoms with Crippen molar-refractivity contribution in [1.29, 1.82) is 0 Å². The Bertz CT molecular complexity index is 299. The normalized spacial score (nSPS) is 12.6. The molecule has 0 radical (unpaired) electrons. The average molecular weight is 292 g/mol. The Balaban J connectivity index is 3.04. The van der Waals surface area contributed by atoms with Crippen LogP contribution in [-0.4, -0.2) is 4.98 Å². The molecule has 0 saturated carbocycles. The molecular formula is C8H8Br2N2. The molecular weight excluding hydrogens is 284 g/mol. The topological polar surface area (TPSA) is 38.9 Å². The van der Waals surface area contributed by atoms with Crippen LogP contribution < -0.4 is 5.73 Å². The summed E-state index contributed by atoms with van der Waals surface area (Å²) in [7, 11) is 0. The Labute approximate surface area is 88.1 Å². The minimum Gasteiger partial charge on any atom is -0.321 e. The second kappa shape index (κ2) is 4.16. The predicted molar refractivity (Wildman–Crippen MR) is 56.8 cm³/mol. The number of nitrogens with zero attached hydrogens (tertiary/aromatic N) is 1. The maximum Gasteiger partial charge on any atom is 0.120 e. The molecule has 0 unspecified atom stereocenters. The second-order valence-electron chi connectivity index (χ2n) is 2.30. The number of pyridine rings is 1. The lowest BCUT2D eigenvalue weighted by molar-refractivity contribution is 0.899. The molecule has 0 aliphatic rings. The molecule has 0 aromatic carbocycles. The van der Waals surface area contributed by atoms with Crippen LogP contribution in [0.15, 0.2) is 34.0 Å². The van der Waals surface area contributed by atoms with Gasteiger partial charge in [0.1, 0.15) is 4.60 Å². The van der Waals surface area contributed by atoms with Crippen LogP contribution in [0.2, 0.25) is 0 Å². The van der Waals surface area contributed by atoms with E-state index in [2.05, 4.69) is 43.4 Å². The molecule has 2 nitrogen and oxygen atoms in total. The van der Waals surface area contributed by atoms with Gasteiger partial charge in [-0.25, -0.2) is 4.98 Å². The Hall–Kier alpha value is -0.190. The first kappa shape index (κ1) is 9.89. The third kappa shape index (κ3) is 2.15. The molecule has 0 aliphatic carbocycles. The Morgan fingerprint density at radius 1 is 1.58 bits per heavy atom. The highest BCUT2D eigenvalue weighted by Gasteiger charge is 2.04. The fourth-order valence-electron chi connectivity index (χ4n) is 0.754. The first-order chi connectivity index (χ1) is 5.65. The highest BCUT2D eigenvalue weighted by atomic mass is 79.9. The Morgan fingerprint density at radius 2 is 2.25 bits per heavy atom. The lowest BCUT2D eigenvalue weighted by atomic mass is 10.1. The van der Waals surface area contributed by atoms with E-state index in [0.29, 0.717) is 0 Å². The van der Waals surface area contributed by atoms with Crippen molar-refractivity contribution in [3.63, 3.8) is 0 Å². The van der Waals surface area contributed by atoms with Gasteiger partial charge in [0.05, 0.1) is 4.47 Å². The zero-order valence-electron chi connectivity index (χ0n) is 6.30. The van der Waals surface area contributed by atoms with E-state index < -0.39 is 0 Å². The van der Waals surface area contributed by atoms with Crippen LogP contribution in [0, 0.1) is 0 Å². The van der Waals surface area contributed by atoms with Crippen LogP contribution in [0.3, 0.4) is 0 Å². The summed E-state index contributed by atoms with van der Waals surface area (Å²) in [5.74, 6) is 0. The van der Waals surface area contributed by atoms with Gasteiger partial charge in [0.15, 0.2) is 0 Å². The van der Waals surface area contributed by atoms with Gasteiger partial charge in [0, 0.05) is 12.2 Å². The van der Waals surface area contributed by atoms with Crippen molar-refractivity contribution >= 4 is 31.9 Å². The largest absolute Gasteiger partial charge is 0.321 e. The van der Waals surface area contributed by atoms with Crippen molar-refractivity contribution in [3.05, 3.63) is 39.6 Å². The Kier molecular flexibility index (Phi) is 3.43. The second-order valence-corrected chi connectivity index (χ2v) is 3.91. The molecule has 1 atom stereocenters. The molecule has 1 aromatic heterocycles. The zero-order valence-corrected chi connectivity index (χ0v) is 9.47. The van der Waals surface area contributed by atoms with Gasteiger partial charge in [-0.3, -0.25) is 0 Å². The molecule has 2 N–H and O–H groups in total. The van der Waals surface area contributed by atoms with Gasteiger partial charge >= 0.3 is 0 Å². The van der Waals surface area contributed by atoms with E-state index in [-0.39, 0.29) is 6.04 Å². The van der Waals surface area contributed by atoms with Crippen LogP contribution in [0.25, 0.3) is 0 Å². The van der Waals surface area contributed by atoms with Crippen molar-refractivity contribution in [2.45, 2.75) is 6.04 Å². The summed E-state index contributed by atoms with van der Waals surface area (Å²) in [5, 5.41) is 0. The molecule has 0 bridgehead atoms. The van der Waals surface area contributed by atoms with E-state index in [1.807, 2.05) is 6.07 Å². The van der Waals surface area contributed by atoms with Crippen molar-refractivity contribution in [2.24, 2.45) is 5.73 Å². The third-order valence-corrected chi connectivity index (χ3v) is 3.22. The van der Waals surface area contributed by atoms with E-state index in [0.717, 1.165) is 14.6 Å². The van der Waals surface area contributed by atoms with E-state index in [1.54, 1.807) is 12.3 Å². The summed E-state index contributed by atoms with van der Waals surface area (Å²) >= 11 is 6.62. The monoisotopic (exact) mass is 290 g/mol. The molecule has 4 heteroatoms. The van der Waals surface area contributed by atoms with Gasteiger partial charge in [-0.2, -0.15) is 0 Å². The molecule has 0 amide bonds. The summed E-state index contributed by atoms with van der Waals surface area (Å²) in [6.45, 7) is 3.61. The van der Waals surface area contributed by atoms with Crippen LogP contribution in [-0.2, 0) is 0 Å². The highest BCUT2D eigenvalue weighted by Crippen LogP contribution is 2.23. The van der Waals surface area contributed by atoms with Crippen LogP contribution in [0.1, 0.15) is 11.6 Å². The molecule has 0 aliphatic heterocycles. The maximum absolute atomic E-state index is 5.72. The summed E-state index contributed by atoms with van der Waals surface area (Å²) < 4.78 is 1.68. The van der Waals surface area contributed by atoms with Gasteiger partial charge in [-0.15, -0.1) is 6.58 Å². The molecule has 1 aromatic rings. The molecule has 12 heavy (non-hydrogen) atoms. The quantitative estimate of drug-likeness (QED) is 0.672. The lowest BCUT2D eigenvalue weighted by Gasteiger charge is -2.06. The standard InChI is InChI=1S/C8H8Br2N2/c1-2-7(11)5-3-6(9)8(10)12-4-5/h2-4,7H,1,11H2/t7-/m1/s1. The van der Waals surface area contributed by atoms with E-state index in [1.165, 1.54) is 0 Å². The zero-order chi connectivity index (χ0) is 9.14. The molecule has 1 rings (SSSR count). The molecule has 0 spiro atoms. The van der Waals surface area contributed by atoms with Gasteiger partial charge in [0.25, 0.3) is 0 Å². The third-order valence-electron chi connectivity index (χ3n) is 1.46. The van der Waals surface area contributed by atoms with Gasteiger partial charge < -0.3 is 5.73 Å².